The lowest BCUT2D eigenvalue weighted by atomic mass is 10.1. The first-order chi connectivity index (χ1) is 13.8. The summed E-state index contributed by atoms with van der Waals surface area (Å²) in [6.45, 7) is 0. The van der Waals surface area contributed by atoms with Crippen molar-refractivity contribution in [2.75, 3.05) is 17.7 Å². The summed E-state index contributed by atoms with van der Waals surface area (Å²) in [4.78, 5) is 18.5. The molecule has 1 heterocycles. The lowest BCUT2D eigenvalue weighted by Gasteiger charge is -2.15. The minimum absolute atomic E-state index is 0.207. The number of halogens is 3. The number of alkyl halides is 3. The monoisotopic (exact) mass is 405 g/mol. The Morgan fingerprint density at radius 2 is 1.52 bits per heavy atom. The minimum atomic E-state index is -4.65. The fourth-order valence-electron chi connectivity index (χ4n) is 2.58. The third kappa shape index (κ3) is 4.34. The Bertz CT molecular complexity index is 1040. The number of nitrogens with zero attached hydrogens (tertiary/aromatic N) is 3. The van der Waals surface area contributed by atoms with Crippen molar-refractivity contribution in [3.63, 3.8) is 0 Å². The molecule has 0 aliphatic carbocycles. The van der Waals surface area contributed by atoms with Crippen molar-refractivity contribution < 1.29 is 22.8 Å². The highest BCUT2D eigenvalue weighted by Crippen LogP contribution is 2.39. The first-order valence-electron chi connectivity index (χ1n) is 8.14. The molecule has 11 heteroatoms. The van der Waals surface area contributed by atoms with Gasteiger partial charge in [-0.3, -0.25) is 10.1 Å². The Labute approximate surface area is 162 Å². The Balaban J connectivity index is 2.04. The molecule has 0 bridgehead atoms. The zero-order chi connectivity index (χ0) is 21.0. The minimum Gasteiger partial charge on any atom is -0.495 e. The number of nitrogens with one attached hydrogen (secondary N) is 2. The number of aromatic nitrogens is 2. The van der Waals surface area contributed by atoms with Crippen LogP contribution in [0.5, 0.6) is 5.75 Å². The summed E-state index contributed by atoms with van der Waals surface area (Å²) in [6.07, 6.45) is -3.65. The van der Waals surface area contributed by atoms with Crippen LogP contribution in [-0.4, -0.2) is 22.0 Å². The zero-order valence-corrected chi connectivity index (χ0v) is 14.9. The third-order valence-corrected chi connectivity index (χ3v) is 3.85. The second-order valence-electron chi connectivity index (χ2n) is 5.67. The summed E-state index contributed by atoms with van der Waals surface area (Å²) >= 11 is 0. The lowest BCUT2D eigenvalue weighted by Crippen LogP contribution is -2.11. The molecule has 2 N–H and O–H groups in total. The third-order valence-electron chi connectivity index (χ3n) is 3.85. The standard InChI is InChI=1S/C18H14F3N5O3/c1-29-14-9-5-4-8-13(14)25-17-15(26(27)28)16(22-10-23-17)24-12-7-3-2-6-11(12)18(19,20)21/h2-10H,1H3,(H2,22,23,24,25). The van der Waals surface area contributed by atoms with Gasteiger partial charge in [0.1, 0.15) is 12.1 Å². The molecule has 2 aromatic carbocycles. The van der Waals surface area contributed by atoms with Gasteiger partial charge in [0.25, 0.3) is 0 Å². The molecule has 150 valence electrons. The van der Waals surface area contributed by atoms with Gasteiger partial charge in [0.15, 0.2) is 0 Å². The quantitative estimate of drug-likeness (QED) is 0.444. The van der Waals surface area contributed by atoms with Crippen LogP contribution in [0.1, 0.15) is 5.56 Å². The van der Waals surface area contributed by atoms with Gasteiger partial charge in [-0.05, 0) is 24.3 Å². The average Bonchev–Trinajstić information content (AvgIpc) is 2.68. The molecule has 0 fully saturated rings. The Morgan fingerprint density at radius 3 is 2.10 bits per heavy atom. The molecule has 8 nitrogen and oxygen atoms in total. The van der Waals surface area contributed by atoms with E-state index in [0.29, 0.717) is 11.4 Å². The topological polar surface area (TPSA) is 102 Å². The van der Waals surface area contributed by atoms with Crippen molar-refractivity contribution in [3.05, 3.63) is 70.5 Å². The van der Waals surface area contributed by atoms with Crippen LogP contribution in [0.25, 0.3) is 0 Å². The molecule has 0 aliphatic heterocycles. The summed E-state index contributed by atoms with van der Waals surface area (Å²) in [5.74, 6) is -0.196. The van der Waals surface area contributed by atoms with Crippen molar-refractivity contribution in [2.45, 2.75) is 6.18 Å². The van der Waals surface area contributed by atoms with E-state index in [-0.39, 0.29) is 17.3 Å². The fraction of sp³-hybridized carbons (Fsp3) is 0.111. The van der Waals surface area contributed by atoms with E-state index in [2.05, 4.69) is 20.6 Å². The summed E-state index contributed by atoms with van der Waals surface area (Å²) < 4.78 is 44.9. The number of methoxy groups -OCH3 is 1. The number of benzene rings is 2. The van der Waals surface area contributed by atoms with Gasteiger partial charge in [-0.1, -0.05) is 24.3 Å². The maximum atomic E-state index is 13.2. The van der Waals surface area contributed by atoms with Crippen molar-refractivity contribution in [2.24, 2.45) is 0 Å². The van der Waals surface area contributed by atoms with E-state index in [4.69, 9.17) is 4.74 Å². The fourth-order valence-corrected chi connectivity index (χ4v) is 2.58. The van der Waals surface area contributed by atoms with E-state index in [1.54, 1.807) is 24.3 Å². The van der Waals surface area contributed by atoms with Crippen LogP contribution >= 0.6 is 0 Å². The highest BCUT2D eigenvalue weighted by Gasteiger charge is 2.34. The zero-order valence-electron chi connectivity index (χ0n) is 14.9. The number of para-hydroxylation sites is 3. The van der Waals surface area contributed by atoms with Crippen molar-refractivity contribution >= 4 is 28.7 Å². The van der Waals surface area contributed by atoms with Crippen LogP contribution in [0, 0.1) is 10.1 Å². The van der Waals surface area contributed by atoms with Crippen LogP contribution in [0.3, 0.4) is 0 Å². The van der Waals surface area contributed by atoms with Crippen molar-refractivity contribution in [3.8, 4) is 5.75 Å². The molecule has 29 heavy (non-hydrogen) atoms. The van der Waals surface area contributed by atoms with Gasteiger partial charge >= 0.3 is 11.9 Å². The van der Waals surface area contributed by atoms with Gasteiger partial charge in [0.05, 0.1) is 29.0 Å². The van der Waals surface area contributed by atoms with Crippen LogP contribution in [0.15, 0.2) is 54.9 Å². The van der Waals surface area contributed by atoms with E-state index in [1.165, 1.54) is 19.2 Å². The number of hydrogen-bond donors (Lipinski definition) is 2. The maximum absolute atomic E-state index is 13.2. The van der Waals surface area contributed by atoms with E-state index in [1.807, 2.05) is 0 Å². The molecule has 0 radical (unpaired) electrons. The van der Waals surface area contributed by atoms with Crippen LogP contribution in [0.2, 0.25) is 0 Å². The van der Waals surface area contributed by atoms with Crippen molar-refractivity contribution in [1.82, 2.24) is 9.97 Å². The van der Waals surface area contributed by atoms with Gasteiger partial charge in [-0.15, -0.1) is 0 Å². The molecule has 3 rings (SSSR count). The molecule has 0 saturated heterocycles. The molecule has 0 amide bonds. The van der Waals surface area contributed by atoms with E-state index in [0.717, 1.165) is 18.5 Å². The highest BCUT2D eigenvalue weighted by molar-refractivity contribution is 5.78. The van der Waals surface area contributed by atoms with E-state index < -0.39 is 22.4 Å². The smallest absolute Gasteiger partial charge is 0.418 e. The normalized spacial score (nSPS) is 11.0. The van der Waals surface area contributed by atoms with Gasteiger partial charge in [-0.2, -0.15) is 13.2 Å². The maximum Gasteiger partial charge on any atom is 0.418 e. The predicted molar refractivity (Wildman–Crippen MR) is 99.7 cm³/mol. The SMILES string of the molecule is COc1ccccc1Nc1ncnc(Nc2ccccc2C(F)(F)F)c1[N+](=O)[O-]. The number of hydrogen-bond acceptors (Lipinski definition) is 7. The molecular weight excluding hydrogens is 391 g/mol. The summed E-state index contributed by atoms with van der Waals surface area (Å²) in [5.41, 5.74) is -1.58. The Hall–Kier alpha value is -3.89. The molecule has 0 atom stereocenters. The molecule has 0 spiro atoms. The van der Waals surface area contributed by atoms with Gasteiger partial charge in [-0.25, -0.2) is 9.97 Å². The second-order valence-corrected chi connectivity index (χ2v) is 5.67. The predicted octanol–water partition coefficient (Wildman–Crippen LogP) is 4.90. The summed E-state index contributed by atoms with van der Waals surface area (Å²) in [6, 6.07) is 11.2. The second kappa shape index (κ2) is 8.00. The molecular formula is C18H14F3N5O3. The first kappa shape index (κ1) is 19.9. The number of rotatable bonds is 6. The Kier molecular flexibility index (Phi) is 5.48. The number of anilines is 4. The lowest BCUT2D eigenvalue weighted by molar-refractivity contribution is -0.383. The van der Waals surface area contributed by atoms with Gasteiger partial charge < -0.3 is 15.4 Å². The molecule has 3 aromatic rings. The van der Waals surface area contributed by atoms with Crippen molar-refractivity contribution in [1.29, 1.82) is 0 Å². The molecule has 0 saturated carbocycles. The first-order valence-corrected chi connectivity index (χ1v) is 8.14. The largest absolute Gasteiger partial charge is 0.495 e. The van der Waals surface area contributed by atoms with E-state index in [9.17, 15) is 23.3 Å². The van der Waals surface area contributed by atoms with Gasteiger partial charge in [0.2, 0.25) is 11.6 Å². The van der Waals surface area contributed by atoms with Gasteiger partial charge in [0, 0.05) is 0 Å². The summed E-state index contributed by atoms with van der Waals surface area (Å²) in [5, 5.41) is 16.8. The number of nitro groups is 1. The van der Waals surface area contributed by atoms with Crippen LogP contribution in [-0.2, 0) is 6.18 Å². The molecule has 0 aliphatic rings. The van der Waals surface area contributed by atoms with Crippen LogP contribution in [0.4, 0.5) is 41.9 Å². The number of ether oxygens (including phenoxy) is 1. The Morgan fingerprint density at radius 1 is 0.966 bits per heavy atom. The van der Waals surface area contributed by atoms with Crippen LogP contribution < -0.4 is 15.4 Å². The average molecular weight is 405 g/mol. The summed E-state index contributed by atoms with van der Waals surface area (Å²) in [7, 11) is 1.43. The molecule has 0 unspecified atom stereocenters. The van der Waals surface area contributed by atoms with E-state index >= 15 is 0 Å². The molecule has 1 aromatic heterocycles. The highest BCUT2D eigenvalue weighted by atomic mass is 19.4.